The van der Waals surface area contributed by atoms with E-state index in [-0.39, 0.29) is 12.6 Å². The molecule has 0 aliphatic rings. The highest BCUT2D eigenvalue weighted by molar-refractivity contribution is 6.30. The van der Waals surface area contributed by atoms with Gasteiger partial charge in [-0.2, -0.15) is 0 Å². The molecule has 0 saturated heterocycles. The molecule has 0 atom stereocenters. The summed E-state index contributed by atoms with van der Waals surface area (Å²) in [6, 6.07) is 12.7. The molecular weight excluding hydrogens is 276 g/mol. The van der Waals surface area contributed by atoms with E-state index in [2.05, 4.69) is 0 Å². The highest BCUT2D eigenvalue weighted by Gasteiger charge is 2.11. The molecule has 0 bridgehead atoms. The summed E-state index contributed by atoms with van der Waals surface area (Å²) in [5, 5.41) is 0.617. The maximum absolute atomic E-state index is 11.7. The first-order valence-electron chi connectivity index (χ1n) is 6.17. The fourth-order valence-electron chi connectivity index (χ4n) is 1.84. The highest BCUT2D eigenvalue weighted by Crippen LogP contribution is 2.24. The van der Waals surface area contributed by atoms with Crippen LogP contribution in [0.15, 0.2) is 42.5 Å². The average molecular weight is 291 g/mol. The number of methoxy groups -OCH3 is 1. The zero-order valence-corrected chi connectivity index (χ0v) is 12.1. The maximum Gasteiger partial charge on any atom is 0.338 e. The summed E-state index contributed by atoms with van der Waals surface area (Å²) >= 11 is 5.95. The van der Waals surface area contributed by atoms with Gasteiger partial charge in [-0.15, -0.1) is 0 Å². The third kappa shape index (κ3) is 3.31. The third-order valence-electron chi connectivity index (χ3n) is 2.96. The molecule has 0 aromatic heterocycles. The Balaban J connectivity index is 2.19. The number of hydrogen-bond acceptors (Lipinski definition) is 3. The van der Waals surface area contributed by atoms with Crippen LogP contribution in [0.4, 0.5) is 0 Å². The van der Waals surface area contributed by atoms with E-state index in [9.17, 15) is 4.79 Å². The van der Waals surface area contributed by atoms with E-state index in [1.807, 2.05) is 31.2 Å². The Labute approximate surface area is 123 Å². The quantitative estimate of drug-likeness (QED) is 0.798. The number of rotatable bonds is 4. The van der Waals surface area contributed by atoms with E-state index < -0.39 is 0 Å². The van der Waals surface area contributed by atoms with Gasteiger partial charge in [0.15, 0.2) is 0 Å². The zero-order chi connectivity index (χ0) is 14.5. The summed E-state index contributed by atoms with van der Waals surface area (Å²) < 4.78 is 10.5. The molecule has 2 rings (SSSR count). The predicted molar refractivity (Wildman–Crippen MR) is 78.3 cm³/mol. The van der Waals surface area contributed by atoms with E-state index in [4.69, 9.17) is 21.1 Å². The Hall–Kier alpha value is -2.00. The second-order valence-electron chi connectivity index (χ2n) is 4.35. The number of carbonyl (C=O) groups excluding carboxylic acids is 1. The van der Waals surface area contributed by atoms with Gasteiger partial charge in [-0.1, -0.05) is 35.9 Å². The van der Waals surface area contributed by atoms with Crippen LogP contribution in [0.5, 0.6) is 5.75 Å². The molecule has 20 heavy (non-hydrogen) atoms. The summed E-state index contributed by atoms with van der Waals surface area (Å²) in [4.78, 5) is 11.7. The Morgan fingerprint density at radius 2 is 1.95 bits per heavy atom. The van der Waals surface area contributed by atoms with Gasteiger partial charge in [-0.05, 0) is 30.7 Å². The summed E-state index contributed by atoms with van der Waals surface area (Å²) in [6.45, 7) is 2.23. The van der Waals surface area contributed by atoms with Crippen LogP contribution < -0.4 is 4.74 Å². The maximum atomic E-state index is 11.7. The molecule has 2 aromatic rings. The number of aryl methyl sites for hydroxylation is 1. The molecule has 2 aromatic carbocycles. The molecule has 0 radical (unpaired) electrons. The van der Waals surface area contributed by atoms with Gasteiger partial charge >= 0.3 is 5.97 Å². The number of carbonyl (C=O) groups is 1. The van der Waals surface area contributed by atoms with Gasteiger partial charge < -0.3 is 9.47 Å². The van der Waals surface area contributed by atoms with E-state index in [0.29, 0.717) is 16.3 Å². The van der Waals surface area contributed by atoms with Crippen molar-refractivity contribution in [3.63, 3.8) is 0 Å². The Kier molecular flexibility index (Phi) is 4.64. The molecule has 0 spiro atoms. The molecule has 0 fully saturated rings. The molecule has 0 saturated carbocycles. The lowest BCUT2D eigenvalue weighted by Crippen LogP contribution is -2.08. The van der Waals surface area contributed by atoms with Crippen molar-refractivity contribution in [3.05, 3.63) is 64.2 Å². The summed E-state index contributed by atoms with van der Waals surface area (Å²) in [5.41, 5.74) is 2.28. The molecule has 0 aliphatic carbocycles. The Morgan fingerprint density at radius 3 is 2.70 bits per heavy atom. The molecular formula is C16H15ClO3. The van der Waals surface area contributed by atoms with Crippen LogP contribution >= 0.6 is 11.6 Å². The lowest BCUT2D eigenvalue weighted by molar-refractivity contribution is 0.0597. The average Bonchev–Trinajstić information content (AvgIpc) is 2.47. The topological polar surface area (TPSA) is 35.5 Å². The van der Waals surface area contributed by atoms with Crippen LogP contribution in [0.1, 0.15) is 21.5 Å². The fourth-order valence-corrected chi connectivity index (χ4v) is 2.00. The van der Waals surface area contributed by atoms with Crippen molar-refractivity contribution in [2.24, 2.45) is 0 Å². The van der Waals surface area contributed by atoms with Crippen LogP contribution in [0.3, 0.4) is 0 Å². The number of benzene rings is 2. The molecule has 0 amide bonds. The Morgan fingerprint density at radius 1 is 1.20 bits per heavy atom. The lowest BCUT2D eigenvalue weighted by Gasteiger charge is -2.11. The third-order valence-corrected chi connectivity index (χ3v) is 3.19. The van der Waals surface area contributed by atoms with Gasteiger partial charge in [0.1, 0.15) is 12.4 Å². The molecule has 104 valence electrons. The molecule has 3 nitrogen and oxygen atoms in total. The first-order chi connectivity index (χ1) is 9.61. The van der Waals surface area contributed by atoms with E-state index in [1.165, 1.54) is 7.11 Å². The standard InChI is InChI=1S/C16H15ClO3/c1-11-7-8-13(17)9-15(11)20-10-12-5-3-4-6-14(12)16(18)19-2/h3-9H,10H2,1-2H3. The van der Waals surface area contributed by atoms with Crippen molar-refractivity contribution in [3.8, 4) is 5.75 Å². The van der Waals surface area contributed by atoms with Gasteiger partial charge in [0, 0.05) is 10.6 Å². The van der Waals surface area contributed by atoms with Crippen molar-refractivity contribution in [1.29, 1.82) is 0 Å². The minimum atomic E-state index is -0.369. The van der Waals surface area contributed by atoms with Gasteiger partial charge in [0.05, 0.1) is 12.7 Å². The van der Waals surface area contributed by atoms with Crippen molar-refractivity contribution < 1.29 is 14.3 Å². The predicted octanol–water partition coefficient (Wildman–Crippen LogP) is 4.01. The number of ether oxygens (including phenoxy) is 2. The van der Waals surface area contributed by atoms with Crippen LogP contribution in [-0.4, -0.2) is 13.1 Å². The van der Waals surface area contributed by atoms with Crippen molar-refractivity contribution >= 4 is 17.6 Å². The van der Waals surface area contributed by atoms with Crippen molar-refractivity contribution in [2.75, 3.05) is 7.11 Å². The minimum Gasteiger partial charge on any atom is -0.489 e. The monoisotopic (exact) mass is 290 g/mol. The van der Waals surface area contributed by atoms with Crippen LogP contribution in [0, 0.1) is 6.92 Å². The van der Waals surface area contributed by atoms with Crippen LogP contribution in [0.25, 0.3) is 0 Å². The Bertz CT molecular complexity index is 623. The summed E-state index contributed by atoms with van der Waals surface area (Å²) in [5.74, 6) is 0.337. The fraction of sp³-hybridized carbons (Fsp3) is 0.188. The van der Waals surface area contributed by atoms with E-state index in [0.717, 1.165) is 11.1 Å². The number of halogens is 1. The largest absolute Gasteiger partial charge is 0.489 e. The van der Waals surface area contributed by atoms with Gasteiger partial charge in [-0.25, -0.2) is 4.79 Å². The van der Waals surface area contributed by atoms with E-state index in [1.54, 1.807) is 18.2 Å². The number of hydrogen-bond donors (Lipinski definition) is 0. The first-order valence-corrected chi connectivity index (χ1v) is 6.55. The van der Waals surface area contributed by atoms with Crippen LogP contribution in [0.2, 0.25) is 5.02 Å². The molecule has 4 heteroatoms. The second-order valence-corrected chi connectivity index (χ2v) is 4.78. The smallest absolute Gasteiger partial charge is 0.338 e. The zero-order valence-electron chi connectivity index (χ0n) is 11.4. The van der Waals surface area contributed by atoms with Gasteiger partial charge in [0.25, 0.3) is 0 Å². The summed E-state index contributed by atoms with van der Waals surface area (Å²) in [6.07, 6.45) is 0. The first kappa shape index (κ1) is 14.4. The molecule has 0 heterocycles. The molecule has 0 N–H and O–H groups in total. The second kappa shape index (κ2) is 6.44. The molecule has 0 aliphatic heterocycles. The van der Waals surface area contributed by atoms with Crippen molar-refractivity contribution in [1.82, 2.24) is 0 Å². The summed E-state index contributed by atoms with van der Waals surface area (Å²) in [7, 11) is 1.36. The van der Waals surface area contributed by atoms with Crippen molar-refractivity contribution in [2.45, 2.75) is 13.5 Å². The number of esters is 1. The van der Waals surface area contributed by atoms with Gasteiger partial charge in [0.2, 0.25) is 0 Å². The normalized spacial score (nSPS) is 10.2. The van der Waals surface area contributed by atoms with E-state index >= 15 is 0 Å². The molecule has 0 unspecified atom stereocenters. The van der Waals surface area contributed by atoms with Gasteiger partial charge in [-0.3, -0.25) is 0 Å². The minimum absolute atomic E-state index is 0.284. The van der Waals surface area contributed by atoms with Crippen LogP contribution in [-0.2, 0) is 11.3 Å². The SMILES string of the molecule is COC(=O)c1ccccc1COc1cc(Cl)ccc1C. The highest BCUT2D eigenvalue weighted by atomic mass is 35.5. The lowest BCUT2D eigenvalue weighted by atomic mass is 10.1.